The first kappa shape index (κ1) is 14.6. The summed E-state index contributed by atoms with van der Waals surface area (Å²) in [6.45, 7) is 0. The first-order valence-corrected chi connectivity index (χ1v) is 7.86. The second kappa shape index (κ2) is 5.78. The number of hydrazine groups is 1. The van der Waals surface area contributed by atoms with Gasteiger partial charge in [0.25, 0.3) is 0 Å². The van der Waals surface area contributed by atoms with Gasteiger partial charge in [0.05, 0.1) is 0 Å². The minimum atomic E-state index is -0.725. The minimum Gasteiger partial charge on any atom is -0.508 e. The number of phenolic OH excluding ortho intramolecular Hbond substituents is 1. The number of phenols is 1. The Balaban J connectivity index is 2.00. The Morgan fingerprint density at radius 1 is 1.14 bits per heavy atom. The van der Waals surface area contributed by atoms with Crippen molar-refractivity contribution < 1.29 is 14.6 Å². The summed E-state index contributed by atoms with van der Waals surface area (Å²) in [6.07, 6.45) is 0. The molecule has 7 heteroatoms. The maximum atomic E-state index is 12.1. The molecule has 6 nitrogen and oxygen atoms in total. The summed E-state index contributed by atoms with van der Waals surface area (Å²) >= 11 is -0.725. The van der Waals surface area contributed by atoms with Gasteiger partial charge in [0.1, 0.15) is 5.75 Å². The van der Waals surface area contributed by atoms with Crippen molar-refractivity contribution in [1.82, 2.24) is 15.2 Å². The Kier molecular flexibility index (Phi) is 3.82. The second-order valence-corrected chi connectivity index (χ2v) is 6.62. The van der Waals surface area contributed by atoms with Crippen molar-refractivity contribution in [2.75, 3.05) is 14.1 Å². The number of nitrogens with one attached hydrogen (secondary N) is 2. The molecule has 2 amide bonds. The van der Waals surface area contributed by atoms with Gasteiger partial charge in [-0.2, -0.15) is 0 Å². The number of benzene rings is 2. The minimum absolute atomic E-state index is 0.133. The van der Waals surface area contributed by atoms with Crippen molar-refractivity contribution in [3.05, 3.63) is 42.5 Å². The van der Waals surface area contributed by atoms with Crippen molar-refractivity contribution in [3.63, 3.8) is 0 Å². The summed E-state index contributed by atoms with van der Waals surface area (Å²) in [5.74, 6) is 1.47. The van der Waals surface area contributed by atoms with Crippen LogP contribution in [0.3, 0.4) is 0 Å². The van der Waals surface area contributed by atoms with E-state index < -0.39 is 11.1 Å². The number of hydrogen-bond donors (Lipinski definition) is 3. The molecule has 0 saturated heterocycles. The monoisotopic (exact) mass is 318 g/mol. The number of ether oxygens (including phenoxy) is 1. The van der Waals surface area contributed by atoms with Crippen LogP contribution < -0.4 is 14.9 Å². The zero-order valence-corrected chi connectivity index (χ0v) is 13.0. The van der Waals surface area contributed by atoms with E-state index in [4.69, 9.17) is 4.74 Å². The van der Waals surface area contributed by atoms with E-state index in [0.717, 1.165) is 9.79 Å². The van der Waals surface area contributed by atoms with Gasteiger partial charge >= 0.3 is 6.03 Å². The number of urea groups is 1. The number of aromatic hydroxyl groups is 1. The van der Waals surface area contributed by atoms with E-state index in [2.05, 4.69) is 10.1 Å². The molecule has 1 aliphatic rings. The molecule has 1 unspecified atom stereocenters. The van der Waals surface area contributed by atoms with Crippen LogP contribution in [0.25, 0.3) is 0 Å². The summed E-state index contributed by atoms with van der Waals surface area (Å²) in [5, 5.41) is 11.3. The summed E-state index contributed by atoms with van der Waals surface area (Å²) in [6, 6.07) is 12.1. The molecule has 0 aromatic heterocycles. The quantitative estimate of drug-likeness (QED) is 0.586. The predicted molar refractivity (Wildman–Crippen MR) is 83.9 cm³/mol. The van der Waals surface area contributed by atoms with Crippen LogP contribution in [0.5, 0.6) is 17.2 Å². The van der Waals surface area contributed by atoms with Crippen LogP contribution in [0.2, 0.25) is 0 Å². The third kappa shape index (κ3) is 2.81. The molecule has 0 saturated carbocycles. The Morgan fingerprint density at radius 2 is 1.86 bits per heavy atom. The summed E-state index contributed by atoms with van der Waals surface area (Å²) < 4.78 is 8.77. The molecule has 0 fully saturated rings. The van der Waals surface area contributed by atoms with Gasteiger partial charge in [-0.15, -0.1) is 4.72 Å². The molecule has 1 aliphatic heterocycles. The normalized spacial score (nSPS) is 15.5. The second-order valence-electron chi connectivity index (χ2n) is 4.92. The molecule has 0 radical (unpaired) electrons. The Bertz CT molecular complexity index is 721. The van der Waals surface area contributed by atoms with Gasteiger partial charge in [0.2, 0.25) is 9.79 Å². The smallest absolute Gasteiger partial charge is 0.371 e. The average molecular weight is 318 g/mol. The largest absolute Gasteiger partial charge is 0.508 e. The lowest BCUT2D eigenvalue weighted by Gasteiger charge is -2.20. The molecule has 1 atom stereocenters. The number of nitrogens with zero attached hydrogens (tertiary/aromatic N) is 1. The molecule has 22 heavy (non-hydrogen) atoms. The SMILES string of the molecule is CN(C)NC(=O)N[S+]1c2ccccc2Oc2ccc(O)cc21. The van der Waals surface area contributed by atoms with Crippen LogP contribution in [-0.2, 0) is 11.1 Å². The fourth-order valence-electron chi connectivity index (χ4n) is 2.11. The molecule has 3 rings (SSSR count). The Hall–Kier alpha value is -2.38. The molecule has 0 spiro atoms. The molecule has 0 aliphatic carbocycles. The summed E-state index contributed by atoms with van der Waals surface area (Å²) in [7, 11) is 3.47. The number of amides is 2. The molecule has 3 N–H and O–H groups in total. The molecule has 2 aromatic rings. The molecule has 2 aromatic carbocycles. The topological polar surface area (TPSA) is 73.8 Å². The Labute approximate surface area is 131 Å². The summed E-state index contributed by atoms with van der Waals surface area (Å²) in [5.41, 5.74) is 2.65. The van der Waals surface area contributed by atoms with Gasteiger partial charge in [-0.25, -0.2) is 9.80 Å². The van der Waals surface area contributed by atoms with Gasteiger partial charge < -0.3 is 9.84 Å². The van der Waals surface area contributed by atoms with E-state index in [1.807, 2.05) is 24.3 Å². The average Bonchev–Trinajstić information content (AvgIpc) is 2.47. The first-order chi connectivity index (χ1) is 10.5. The number of hydrogen-bond acceptors (Lipinski definition) is 4. The lowest BCUT2D eigenvalue weighted by Crippen LogP contribution is -2.46. The van der Waals surface area contributed by atoms with Crippen LogP contribution in [0, 0.1) is 0 Å². The lowest BCUT2D eigenvalue weighted by molar-refractivity contribution is 0.218. The van der Waals surface area contributed by atoms with Crippen molar-refractivity contribution in [3.8, 4) is 17.2 Å². The number of para-hydroxylation sites is 1. The van der Waals surface area contributed by atoms with Crippen molar-refractivity contribution >= 4 is 17.1 Å². The van der Waals surface area contributed by atoms with Gasteiger partial charge in [0, 0.05) is 26.2 Å². The third-order valence-corrected chi connectivity index (χ3v) is 4.88. The van der Waals surface area contributed by atoms with Crippen LogP contribution in [-0.4, -0.2) is 30.2 Å². The van der Waals surface area contributed by atoms with Crippen molar-refractivity contribution in [2.45, 2.75) is 9.79 Å². The lowest BCUT2D eigenvalue weighted by atomic mass is 10.3. The van der Waals surface area contributed by atoms with E-state index in [1.165, 1.54) is 0 Å². The van der Waals surface area contributed by atoms with Gasteiger partial charge in [-0.3, -0.25) is 5.43 Å². The molecular weight excluding hydrogens is 302 g/mol. The standard InChI is InChI=1S/C15H15N3O3S/c1-18(2)16-15(20)17-22-13-6-4-3-5-11(13)21-12-8-7-10(19)9-14(12)22/h3-9H,1-2H3,(H2-,16,17,19,20)/p+1. The Morgan fingerprint density at radius 3 is 2.64 bits per heavy atom. The molecule has 0 bridgehead atoms. The van der Waals surface area contributed by atoms with E-state index in [0.29, 0.717) is 11.5 Å². The predicted octanol–water partition coefficient (Wildman–Crippen LogP) is 2.22. The van der Waals surface area contributed by atoms with Crippen molar-refractivity contribution in [1.29, 1.82) is 0 Å². The highest BCUT2D eigenvalue weighted by Crippen LogP contribution is 2.43. The zero-order chi connectivity index (χ0) is 15.7. The third-order valence-electron chi connectivity index (χ3n) is 2.96. The van der Waals surface area contributed by atoms with Crippen LogP contribution in [0.4, 0.5) is 4.79 Å². The number of carbonyl (C=O) groups excluding carboxylic acids is 1. The van der Waals surface area contributed by atoms with Crippen LogP contribution >= 0.6 is 0 Å². The van der Waals surface area contributed by atoms with E-state index in [1.54, 1.807) is 37.3 Å². The van der Waals surface area contributed by atoms with Crippen LogP contribution in [0.15, 0.2) is 52.3 Å². The fourth-order valence-corrected chi connectivity index (χ4v) is 3.87. The number of rotatable bonds is 2. The molecular formula is C15H16N3O3S+. The van der Waals surface area contributed by atoms with Crippen molar-refractivity contribution in [2.24, 2.45) is 0 Å². The van der Waals surface area contributed by atoms with Gasteiger partial charge in [-0.1, -0.05) is 12.1 Å². The zero-order valence-electron chi connectivity index (χ0n) is 12.2. The fraction of sp³-hybridized carbons (Fsp3) is 0.133. The van der Waals surface area contributed by atoms with E-state index in [-0.39, 0.29) is 11.8 Å². The molecule has 1 heterocycles. The highest BCUT2D eigenvalue weighted by atomic mass is 32.2. The van der Waals surface area contributed by atoms with Gasteiger partial charge in [-0.05, 0) is 18.2 Å². The number of carbonyl (C=O) groups is 1. The highest BCUT2D eigenvalue weighted by molar-refractivity contribution is 7.96. The maximum Gasteiger partial charge on any atom is 0.371 e. The maximum absolute atomic E-state index is 12.1. The van der Waals surface area contributed by atoms with E-state index in [9.17, 15) is 9.90 Å². The molecule has 114 valence electrons. The first-order valence-electron chi connectivity index (χ1n) is 6.63. The van der Waals surface area contributed by atoms with E-state index >= 15 is 0 Å². The summed E-state index contributed by atoms with van der Waals surface area (Å²) in [4.78, 5) is 13.7. The highest BCUT2D eigenvalue weighted by Gasteiger charge is 2.40. The van der Waals surface area contributed by atoms with Gasteiger partial charge in [0.15, 0.2) is 22.6 Å². The number of fused-ring (bicyclic) bond motifs is 2. The van der Waals surface area contributed by atoms with Crippen LogP contribution in [0.1, 0.15) is 0 Å².